The van der Waals surface area contributed by atoms with E-state index in [0.29, 0.717) is 11.3 Å². The SMILES string of the molecule is CCc1ccc(-c2c(C)oc(N)c2C#N)cc1. The largest absolute Gasteiger partial charge is 0.444 e. The van der Waals surface area contributed by atoms with Crippen LogP contribution in [0.3, 0.4) is 0 Å². The first-order valence-corrected chi connectivity index (χ1v) is 5.55. The second kappa shape index (κ2) is 4.34. The zero-order chi connectivity index (χ0) is 12.4. The summed E-state index contributed by atoms with van der Waals surface area (Å²) in [6.45, 7) is 3.93. The fourth-order valence-corrected chi connectivity index (χ4v) is 1.93. The average Bonchev–Trinajstić information content (AvgIpc) is 2.63. The number of rotatable bonds is 2. The molecule has 0 amide bonds. The van der Waals surface area contributed by atoms with Crippen molar-refractivity contribution < 1.29 is 4.42 Å². The van der Waals surface area contributed by atoms with Gasteiger partial charge in [0.25, 0.3) is 0 Å². The van der Waals surface area contributed by atoms with Gasteiger partial charge < -0.3 is 10.2 Å². The van der Waals surface area contributed by atoms with Crippen LogP contribution in [0.5, 0.6) is 0 Å². The van der Waals surface area contributed by atoms with Crippen molar-refractivity contribution in [2.24, 2.45) is 0 Å². The minimum Gasteiger partial charge on any atom is -0.444 e. The summed E-state index contributed by atoms with van der Waals surface area (Å²) in [5.74, 6) is 0.878. The number of hydrogen-bond donors (Lipinski definition) is 1. The molecule has 0 unspecified atom stereocenters. The third-order valence-electron chi connectivity index (χ3n) is 2.87. The van der Waals surface area contributed by atoms with Crippen LogP contribution in [0, 0.1) is 18.3 Å². The van der Waals surface area contributed by atoms with E-state index < -0.39 is 0 Å². The first kappa shape index (κ1) is 11.3. The number of nitriles is 1. The minimum atomic E-state index is 0.194. The molecule has 2 rings (SSSR count). The summed E-state index contributed by atoms with van der Waals surface area (Å²) in [6.07, 6.45) is 0.998. The molecule has 0 radical (unpaired) electrons. The van der Waals surface area contributed by atoms with Crippen molar-refractivity contribution in [1.82, 2.24) is 0 Å². The molecule has 2 aromatic rings. The Hall–Kier alpha value is -2.21. The molecule has 0 aliphatic rings. The van der Waals surface area contributed by atoms with Crippen LogP contribution in [0.25, 0.3) is 11.1 Å². The number of benzene rings is 1. The topological polar surface area (TPSA) is 62.9 Å². The highest BCUT2D eigenvalue weighted by Crippen LogP contribution is 2.33. The third-order valence-corrected chi connectivity index (χ3v) is 2.87. The molecule has 0 spiro atoms. The van der Waals surface area contributed by atoms with E-state index in [-0.39, 0.29) is 5.88 Å². The Morgan fingerprint density at radius 3 is 2.47 bits per heavy atom. The molecule has 0 fully saturated rings. The highest BCUT2D eigenvalue weighted by atomic mass is 16.4. The molecule has 1 aromatic carbocycles. The summed E-state index contributed by atoms with van der Waals surface area (Å²) in [7, 11) is 0. The van der Waals surface area contributed by atoms with Crippen molar-refractivity contribution in [2.75, 3.05) is 5.73 Å². The molecule has 0 bridgehead atoms. The first-order valence-electron chi connectivity index (χ1n) is 5.55. The second-order valence-corrected chi connectivity index (χ2v) is 3.93. The van der Waals surface area contributed by atoms with Gasteiger partial charge in [0.15, 0.2) is 0 Å². The molecule has 1 heterocycles. The molecule has 3 heteroatoms. The lowest BCUT2D eigenvalue weighted by molar-refractivity contribution is 0.554. The lowest BCUT2D eigenvalue weighted by atomic mass is 10.0. The van der Waals surface area contributed by atoms with Crippen LogP contribution in [-0.2, 0) is 6.42 Å². The minimum absolute atomic E-state index is 0.194. The number of nitrogens with two attached hydrogens (primary N) is 1. The van der Waals surface area contributed by atoms with Gasteiger partial charge in [-0.1, -0.05) is 31.2 Å². The molecule has 0 aliphatic carbocycles. The highest BCUT2D eigenvalue weighted by Gasteiger charge is 2.16. The number of hydrogen-bond acceptors (Lipinski definition) is 3. The number of aryl methyl sites for hydroxylation is 2. The Bertz CT molecular complexity index is 574. The number of nitrogens with zero attached hydrogens (tertiary/aromatic N) is 1. The van der Waals surface area contributed by atoms with E-state index in [1.165, 1.54) is 5.56 Å². The Kier molecular flexibility index (Phi) is 2.88. The van der Waals surface area contributed by atoms with Gasteiger partial charge in [-0.15, -0.1) is 0 Å². The molecule has 86 valence electrons. The van der Waals surface area contributed by atoms with Crippen LogP contribution in [0.4, 0.5) is 5.88 Å². The monoisotopic (exact) mass is 226 g/mol. The van der Waals surface area contributed by atoms with E-state index in [2.05, 4.69) is 25.1 Å². The smallest absolute Gasteiger partial charge is 0.209 e. The molecule has 17 heavy (non-hydrogen) atoms. The van der Waals surface area contributed by atoms with Crippen molar-refractivity contribution in [3.05, 3.63) is 41.2 Å². The van der Waals surface area contributed by atoms with Gasteiger partial charge in [0.05, 0.1) is 0 Å². The zero-order valence-corrected chi connectivity index (χ0v) is 9.95. The normalized spacial score (nSPS) is 10.2. The van der Waals surface area contributed by atoms with Crippen molar-refractivity contribution >= 4 is 5.88 Å². The molecule has 0 aliphatic heterocycles. The van der Waals surface area contributed by atoms with Gasteiger partial charge in [-0.05, 0) is 24.5 Å². The summed E-state index contributed by atoms with van der Waals surface area (Å²) < 4.78 is 5.30. The highest BCUT2D eigenvalue weighted by molar-refractivity contribution is 5.77. The van der Waals surface area contributed by atoms with Crippen molar-refractivity contribution in [1.29, 1.82) is 5.26 Å². The van der Waals surface area contributed by atoms with Gasteiger partial charge in [-0.3, -0.25) is 0 Å². The molecule has 3 nitrogen and oxygen atoms in total. The maximum Gasteiger partial charge on any atom is 0.209 e. The molecule has 2 N–H and O–H groups in total. The van der Waals surface area contributed by atoms with Crippen LogP contribution in [-0.4, -0.2) is 0 Å². The summed E-state index contributed by atoms with van der Waals surface area (Å²) in [6, 6.07) is 10.2. The standard InChI is InChI=1S/C14H14N2O/c1-3-10-4-6-11(7-5-10)13-9(2)17-14(16)12(13)8-15/h4-7H,3,16H2,1-2H3. The van der Waals surface area contributed by atoms with Gasteiger partial charge in [-0.25, -0.2) is 0 Å². The van der Waals surface area contributed by atoms with Gasteiger partial charge >= 0.3 is 0 Å². The summed E-state index contributed by atoms with van der Waals surface area (Å²) >= 11 is 0. The van der Waals surface area contributed by atoms with Gasteiger partial charge in [0.1, 0.15) is 17.4 Å². The van der Waals surface area contributed by atoms with E-state index in [9.17, 15) is 0 Å². The Morgan fingerprint density at radius 2 is 1.94 bits per heavy atom. The number of furan rings is 1. The zero-order valence-electron chi connectivity index (χ0n) is 9.95. The molecule has 0 atom stereocenters. The van der Waals surface area contributed by atoms with Gasteiger partial charge in [0.2, 0.25) is 5.88 Å². The lowest BCUT2D eigenvalue weighted by Gasteiger charge is -2.02. The van der Waals surface area contributed by atoms with Gasteiger partial charge in [-0.2, -0.15) is 5.26 Å². The first-order chi connectivity index (χ1) is 8.17. The molecule has 0 saturated carbocycles. The quantitative estimate of drug-likeness (QED) is 0.854. The molecule has 1 aromatic heterocycles. The number of nitrogen functional groups attached to an aromatic ring is 1. The summed E-state index contributed by atoms with van der Waals surface area (Å²) in [4.78, 5) is 0. The van der Waals surface area contributed by atoms with E-state index >= 15 is 0 Å². The van der Waals surface area contributed by atoms with Crippen LogP contribution in [0.2, 0.25) is 0 Å². The van der Waals surface area contributed by atoms with Crippen LogP contribution < -0.4 is 5.73 Å². The second-order valence-electron chi connectivity index (χ2n) is 3.93. The fourth-order valence-electron chi connectivity index (χ4n) is 1.93. The van der Waals surface area contributed by atoms with E-state index in [1.54, 1.807) is 0 Å². The maximum atomic E-state index is 9.08. The van der Waals surface area contributed by atoms with Crippen LogP contribution >= 0.6 is 0 Å². The maximum absolute atomic E-state index is 9.08. The fraction of sp³-hybridized carbons (Fsp3) is 0.214. The molecular formula is C14H14N2O. The van der Waals surface area contributed by atoms with Crippen molar-refractivity contribution in [3.8, 4) is 17.2 Å². The Labute approximate surface area is 100 Å². The summed E-state index contributed by atoms with van der Waals surface area (Å²) in [5.41, 5.74) is 9.11. The van der Waals surface area contributed by atoms with Gasteiger partial charge in [0, 0.05) is 5.56 Å². The predicted molar refractivity (Wildman–Crippen MR) is 67.4 cm³/mol. The molecule has 0 saturated heterocycles. The van der Waals surface area contributed by atoms with E-state index in [1.807, 2.05) is 19.1 Å². The molecular weight excluding hydrogens is 212 g/mol. The lowest BCUT2D eigenvalue weighted by Crippen LogP contribution is -1.87. The Morgan fingerprint density at radius 1 is 1.29 bits per heavy atom. The van der Waals surface area contributed by atoms with Crippen LogP contribution in [0.15, 0.2) is 28.7 Å². The summed E-state index contributed by atoms with van der Waals surface area (Å²) in [5, 5.41) is 9.08. The van der Waals surface area contributed by atoms with Crippen molar-refractivity contribution in [2.45, 2.75) is 20.3 Å². The Balaban J connectivity index is 2.56. The van der Waals surface area contributed by atoms with Crippen LogP contribution in [0.1, 0.15) is 23.8 Å². The number of anilines is 1. The van der Waals surface area contributed by atoms with E-state index in [0.717, 1.165) is 17.5 Å². The predicted octanol–water partition coefficient (Wildman–Crippen LogP) is 3.27. The average molecular weight is 226 g/mol. The van der Waals surface area contributed by atoms with E-state index in [4.69, 9.17) is 15.4 Å². The van der Waals surface area contributed by atoms with Crippen molar-refractivity contribution in [3.63, 3.8) is 0 Å². The third kappa shape index (κ3) is 1.90.